The van der Waals surface area contributed by atoms with E-state index in [1.807, 2.05) is 0 Å². The average Bonchev–Trinajstić information content (AvgIpc) is 2.75. The van der Waals surface area contributed by atoms with Gasteiger partial charge in [-0.15, -0.1) is 11.3 Å². The lowest BCUT2D eigenvalue weighted by molar-refractivity contribution is 0.389. The molecule has 0 aliphatic rings. The third-order valence-electron chi connectivity index (χ3n) is 2.83. The van der Waals surface area contributed by atoms with E-state index in [-0.39, 0.29) is 15.1 Å². The zero-order valence-electron chi connectivity index (χ0n) is 9.26. The van der Waals surface area contributed by atoms with E-state index < -0.39 is 17.5 Å². The molecule has 1 heterocycles. The summed E-state index contributed by atoms with van der Waals surface area (Å²) in [5.74, 6) is -2.32. The number of thiophene rings is 1. The van der Waals surface area contributed by atoms with Gasteiger partial charge < -0.3 is 4.74 Å². The molecule has 92 valence electrons. The van der Waals surface area contributed by atoms with Crippen LogP contribution < -0.4 is 4.74 Å². The number of rotatable bonds is 1. The smallest absolute Gasteiger partial charge is 0.182 e. The molecule has 0 saturated heterocycles. The van der Waals surface area contributed by atoms with E-state index in [9.17, 15) is 13.2 Å². The Morgan fingerprint density at radius 2 is 1.50 bits per heavy atom. The van der Waals surface area contributed by atoms with Crippen LogP contribution >= 0.6 is 11.3 Å². The standard InChI is InChI=1S/C13H7F3OS/c1-17-9-5-3-7-6-2-4-8(14)10(15)12(6)18-13(7)11(9)16/h2-5H,1H3. The van der Waals surface area contributed by atoms with Gasteiger partial charge >= 0.3 is 0 Å². The topological polar surface area (TPSA) is 9.23 Å². The van der Waals surface area contributed by atoms with Gasteiger partial charge in [0.05, 0.1) is 16.5 Å². The lowest BCUT2D eigenvalue weighted by Crippen LogP contribution is -1.86. The number of halogens is 3. The van der Waals surface area contributed by atoms with Gasteiger partial charge in [-0.2, -0.15) is 0 Å². The van der Waals surface area contributed by atoms with Crippen molar-refractivity contribution in [1.82, 2.24) is 0 Å². The minimum absolute atomic E-state index is 0.0925. The molecule has 5 heteroatoms. The highest BCUT2D eigenvalue weighted by atomic mass is 32.1. The molecule has 0 aliphatic heterocycles. The molecule has 0 saturated carbocycles. The minimum Gasteiger partial charge on any atom is -0.494 e. The first kappa shape index (κ1) is 11.3. The average molecular weight is 268 g/mol. The Kier molecular flexibility index (Phi) is 2.45. The van der Waals surface area contributed by atoms with Crippen molar-refractivity contribution in [2.75, 3.05) is 7.11 Å². The summed E-state index contributed by atoms with van der Waals surface area (Å²) in [4.78, 5) is 0. The van der Waals surface area contributed by atoms with Gasteiger partial charge in [0, 0.05) is 10.8 Å². The molecular formula is C13H7F3OS. The molecule has 2 aromatic carbocycles. The predicted octanol–water partition coefficient (Wildman–Crippen LogP) is 4.48. The van der Waals surface area contributed by atoms with Crippen LogP contribution in [0.5, 0.6) is 5.75 Å². The van der Waals surface area contributed by atoms with Crippen LogP contribution in [0.1, 0.15) is 0 Å². The van der Waals surface area contributed by atoms with Gasteiger partial charge in [0.2, 0.25) is 0 Å². The summed E-state index contributed by atoms with van der Waals surface area (Å²) >= 11 is 0.889. The summed E-state index contributed by atoms with van der Waals surface area (Å²) in [6.45, 7) is 0. The maximum Gasteiger partial charge on any atom is 0.182 e. The quantitative estimate of drug-likeness (QED) is 0.632. The van der Waals surface area contributed by atoms with Crippen LogP contribution in [0.2, 0.25) is 0 Å². The van der Waals surface area contributed by atoms with E-state index in [2.05, 4.69) is 0 Å². The number of methoxy groups -OCH3 is 1. The van der Waals surface area contributed by atoms with Crippen molar-refractivity contribution < 1.29 is 17.9 Å². The van der Waals surface area contributed by atoms with E-state index in [1.165, 1.54) is 19.2 Å². The molecule has 0 atom stereocenters. The van der Waals surface area contributed by atoms with Gasteiger partial charge in [-0.1, -0.05) is 0 Å². The second kappa shape index (κ2) is 3.88. The molecular weight excluding hydrogens is 261 g/mol. The summed E-state index contributed by atoms with van der Waals surface area (Å²) in [6, 6.07) is 5.63. The molecule has 3 rings (SSSR count). The monoisotopic (exact) mass is 268 g/mol. The highest BCUT2D eigenvalue weighted by molar-refractivity contribution is 7.25. The highest BCUT2D eigenvalue weighted by Gasteiger charge is 2.17. The lowest BCUT2D eigenvalue weighted by atomic mass is 10.1. The maximum atomic E-state index is 14.0. The number of fused-ring (bicyclic) bond motifs is 3. The molecule has 0 unspecified atom stereocenters. The highest BCUT2D eigenvalue weighted by Crippen LogP contribution is 2.39. The van der Waals surface area contributed by atoms with Gasteiger partial charge in [-0.05, 0) is 24.3 Å². The number of hydrogen-bond donors (Lipinski definition) is 0. The van der Waals surface area contributed by atoms with Crippen molar-refractivity contribution in [1.29, 1.82) is 0 Å². The predicted molar refractivity (Wildman–Crippen MR) is 65.8 cm³/mol. The summed E-state index contributed by atoms with van der Waals surface area (Å²) in [7, 11) is 1.36. The Bertz CT molecular complexity index is 764. The molecule has 0 bridgehead atoms. The largest absolute Gasteiger partial charge is 0.494 e. The van der Waals surface area contributed by atoms with Crippen LogP contribution in [0.3, 0.4) is 0 Å². The van der Waals surface area contributed by atoms with Crippen LogP contribution in [0.15, 0.2) is 24.3 Å². The molecule has 1 aromatic heterocycles. The Labute approximate surface area is 104 Å². The van der Waals surface area contributed by atoms with Crippen LogP contribution in [0.4, 0.5) is 13.2 Å². The Morgan fingerprint density at radius 1 is 0.889 bits per heavy atom. The van der Waals surface area contributed by atoms with E-state index in [0.717, 1.165) is 17.4 Å². The van der Waals surface area contributed by atoms with Gasteiger partial charge in [0.25, 0.3) is 0 Å². The maximum absolute atomic E-state index is 14.0. The van der Waals surface area contributed by atoms with Crippen LogP contribution in [-0.4, -0.2) is 7.11 Å². The first-order valence-corrected chi connectivity index (χ1v) is 5.98. The zero-order chi connectivity index (χ0) is 12.9. The fraction of sp³-hybridized carbons (Fsp3) is 0.0769. The van der Waals surface area contributed by atoms with E-state index in [4.69, 9.17) is 4.74 Å². The second-order valence-electron chi connectivity index (χ2n) is 3.80. The molecule has 1 nitrogen and oxygen atoms in total. The Balaban J connectivity index is 2.50. The van der Waals surface area contributed by atoms with Crippen LogP contribution in [0.25, 0.3) is 20.2 Å². The lowest BCUT2D eigenvalue weighted by Gasteiger charge is -2.01. The first-order valence-electron chi connectivity index (χ1n) is 5.16. The number of hydrogen-bond acceptors (Lipinski definition) is 2. The summed E-state index contributed by atoms with van der Waals surface area (Å²) in [5, 5.41) is 1.07. The molecule has 0 amide bonds. The first-order chi connectivity index (χ1) is 8.63. The third kappa shape index (κ3) is 1.40. The van der Waals surface area contributed by atoms with Crippen LogP contribution in [-0.2, 0) is 0 Å². The van der Waals surface area contributed by atoms with Crippen molar-refractivity contribution in [3.8, 4) is 5.75 Å². The summed E-state index contributed by atoms with van der Waals surface area (Å²) in [6.07, 6.45) is 0. The van der Waals surface area contributed by atoms with E-state index in [1.54, 1.807) is 6.07 Å². The van der Waals surface area contributed by atoms with Gasteiger partial charge in [-0.25, -0.2) is 13.2 Å². The number of benzene rings is 2. The van der Waals surface area contributed by atoms with Gasteiger partial charge in [0.15, 0.2) is 23.2 Å². The summed E-state index contributed by atoms with van der Waals surface area (Å²) in [5.41, 5.74) is 0. The van der Waals surface area contributed by atoms with Crippen molar-refractivity contribution >= 4 is 31.5 Å². The zero-order valence-corrected chi connectivity index (χ0v) is 10.1. The molecule has 0 spiro atoms. The Morgan fingerprint density at radius 3 is 2.17 bits per heavy atom. The van der Waals surface area contributed by atoms with Crippen molar-refractivity contribution in [3.63, 3.8) is 0 Å². The van der Waals surface area contributed by atoms with Crippen molar-refractivity contribution in [2.24, 2.45) is 0 Å². The van der Waals surface area contributed by atoms with E-state index >= 15 is 0 Å². The molecule has 3 aromatic rings. The fourth-order valence-electron chi connectivity index (χ4n) is 1.95. The Hall–Kier alpha value is -1.75. The SMILES string of the molecule is COc1ccc2c(sc3c(F)c(F)ccc32)c1F. The fourth-order valence-corrected chi connectivity index (χ4v) is 3.11. The third-order valence-corrected chi connectivity index (χ3v) is 4.03. The molecule has 18 heavy (non-hydrogen) atoms. The van der Waals surface area contributed by atoms with Crippen molar-refractivity contribution in [3.05, 3.63) is 41.7 Å². The molecule has 0 aliphatic carbocycles. The van der Waals surface area contributed by atoms with E-state index in [0.29, 0.717) is 10.8 Å². The summed E-state index contributed by atoms with van der Waals surface area (Å²) < 4.78 is 46.0. The second-order valence-corrected chi connectivity index (χ2v) is 4.82. The molecule has 0 fully saturated rings. The van der Waals surface area contributed by atoms with Crippen molar-refractivity contribution in [2.45, 2.75) is 0 Å². The van der Waals surface area contributed by atoms with Crippen LogP contribution in [0, 0.1) is 17.5 Å². The van der Waals surface area contributed by atoms with Gasteiger partial charge in [-0.3, -0.25) is 0 Å². The molecule has 0 N–H and O–H groups in total. The van der Waals surface area contributed by atoms with Gasteiger partial charge in [0.1, 0.15) is 0 Å². The normalized spacial score (nSPS) is 11.3. The minimum atomic E-state index is -0.938. The number of ether oxygens (including phenoxy) is 1. The molecule has 0 radical (unpaired) electrons.